The van der Waals surface area contributed by atoms with Crippen LogP contribution in [0, 0.1) is 0 Å². The Kier molecular flexibility index (Phi) is 16.1. The maximum absolute atomic E-state index is 4.00. The number of aromatic nitrogens is 4. The van der Waals surface area contributed by atoms with Crippen LogP contribution in [0.5, 0.6) is 0 Å². The lowest BCUT2D eigenvalue weighted by Crippen LogP contribution is -1.93. The molecule has 5 nitrogen and oxygen atoms in total. The fourth-order valence-electron chi connectivity index (χ4n) is 2.63. The molecule has 0 spiro atoms. The Morgan fingerprint density at radius 2 is 1.00 bits per heavy atom. The van der Waals surface area contributed by atoms with Crippen LogP contribution in [0.3, 0.4) is 0 Å². The normalized spacial score (nSPS) is 10.0. The van der Waals surface area contributed by atoms with Gasteiger partial charge in [-0.3, -0.25) is 0 Å². The molecule has 0 unspecified atom stereocenters. The predicted octanol–water partition coefficient (Wildman–Crippen LogP) is 4.88. The van der Waals surface area contributed by atoms with Crippen molar-refractivity contribution in [3.05, 3.63) is 37.4 Å². The fourth-order valence-corrected chi connectivity index (χ4v) is 2.63. The van der Waals surface area contributed by atoms with Gasteiger partial charge in [0.05, 0.1) is 12.7 Å². The minimum absolute atomic E-state index is 0. The molecule has 0 aliphatic heterocycles. The van der Waals surface area contributed by atoms with Gasteiger partial charge >= 0.3 is 0 Å². The van der Waals surface area contributed by atoms with Crippen LogP contribution in [0.4, 0.5) is 0 Å². The van der Waals surface area contributed by atoms with E-state index in [0.29, 0.717) is 0 Å². The van der Waals surface area contributed by atoms with Crippen LogP contribution in [0.15, 0.2) is 37.4 Å². The molecule has 5 heteroatoms. The molecular weight excluding hydrogens is 312 g/mol. The van der Waals surface area contributed by atoms with Crippen molar-refractivity contribution in [2.24, 2.45) is 0 Å². The number of imidazole rings is 2. The van der Waals surface area contributed by atoms with Crippen LogP contribution in [-0.2, 0) is 13.1 Å². The third-order valence-corrected chi connectivity index (χ3v) is 4.16. The van der Waals surface area contributed by atoms with Crippen molar-refractivity contribution in [3.8, 4) is 0 Å². The van der Waals surface area contributed by atoms with E-state index in [2.05, 4.69) is 32.9 Å². The smallest absolute Gasteiger partial charge is 0.0945 e. The predicted molar refractivity (Wildman–Crippen MR) is 106 cm³/mol. The van der Waals surface area contributed by atoms with E-state index in [9.17, 15) is 0 Å². The van der Waals surface area contributed by atoms with Crippen molar-refractivity contribution in [1.29, 1.82) is 0 Å². The summed E-state index contributed by atoms with van der Waals surface area (Å²) in [5, 5.41) is 0. The van der Waals surface area contributed by atoms with Gasteiger partial charge in [0.2, 0.25) is 0 Å². The molecule has 0 aliphatic carbocycles. The highest BCUT2D eigenvalue weighted by molar-refractivity contribution is 4.74. The van der Waals surface area contributed by atoms with Gasteiger partial charge in [-0.05, 0) is 12.8 Å². The summed E-state index contributed by atoms with van der Waals surface area (Å²) in [7, 11) is 0. The zero-order valence-electron chi connectivity index (χ0n) is 16.2. The lowest BCUT2D eigenvalue weighted by atomic mass is 10.1. The van der Waals surface area contributed by atoms with Gasteiger partial charge in [-0.25, -0.2) is 9.97 Å². The first-order valence-corrected chi connectivity index (χ1v) is 9.78. The van der Waals surface area contributed by atoms with E-state index < -0.39 is 0 Å². The Bertz CT molecular complexity index is 410. The molecule has 0 atom stereocenters. The Balaban J connectivity index is 0.000000443. The number of aryl methyl sites for hydroxylation is 2. The van der Waals surface area contributed by atoms with Gasteiger partial charge in [-0.1, -0.05) is 65.2 Å². The lowest BCUT2D eigenvalue weighted by Gasteiger charge is -2.00. The van der Waals surface area contributed by atoms with Crippen LogP contribution < -0.4 is 0 Å². The summed E-state index contributed by atoms with van der Waals surface area (Å²) in [6.07, 6.45) is 25.0. The van der Waals surface area contributed by atoms with Gasteiger partial charge in [0.15, 0.2) is 0 Å². The second kappa shape index (κ2) is 17.2. The van der Waals surface area contributed by atoms with E-state index in [1.807, 2.05) is 37.4 Å². The molecule has 0 fully saturated rings. The summed E-state index contributed by atoms with van der Waals surface area (Å²) in [6, 6.07) is 0. The van der Waals surface area contributed by atoms with E-state index >= 15 is 0 Å². The fraction of sp³-hybridized carbons (Fsp3) is 0.700. The zero-order chi connectivity index (χ0) is 17.3. The molecule has 0 amide bonds. The Labute approximate surface area is 153 Å². The van der Waals surface area contributed by atoms with E-state index in [0.717, 1.165) is 13.1 Å². The summed E-state index contributed by atoms with van der Waals surface area (Å²) in [4.78, 5) is 8.00. The first-order chi connectivity index (χ1) is 11.9. The van der Waals surface area contributed by atoms with Crippen molar-refractivity contribution < 1.29 is 5.48 Å². The molecule has 2 rings (SSSR count). The number of hydrogen-bond acceptors (Lipinski definition) is 2. The molecule has 0 aliphatic rings. The molecule has 2 N–H and O–H groups in total. The topological polar surface area (TPSA) is 67.1 Å². The van der Waals surface area contributed by atoms with Gasteiger partial charge in [0.25, 0.3) is 0 Å². The van der Waals surface area contributed by atoms with Crippen molar-refractivity contribution >= 4 is 0 Å². The Hall–Kier alpha value is -1.62. The van der Waals surface area contributed by atoms with Gasteiger partial charge in [-0.15, -0.1) is 0 Å². The minimum atomic E-state index is 0. The quantitative estimate of drug-likeness (QED) is 0.512. The molecule has 0 bridgehead atoms. The highest BCUT2D eigenvalue weighted by Gasteiger charge is 1.91. The lowest BCUT2D eigenvalue weighted by molar-refractivity contribution is 0.568. The summed E-state index contributed by atoms with van der Waals surface area (Å²) in [5.74, 6) is 0. The Morgan fingerprint density at radius 1 is 0.600 bits per heavy atom. The molecule has 0 aromatic carbocycles. The average molecular weight is 351 g/mol. The molecule has 25 heavy (non-hydrogen) atoms. The standard InChI is InChI=1S/2C10H18N2.H2O/c2*1-2-3-4-5-6-8-12-9-7-11-10-12;/h2*7,9-10H,2-6,8H2,1H3;1H2. The molecule has 0 radical (unpaired) electrons. The first-order valence-electron chi connectivity index (χ1n) is 9.78. The van der Waals surface area contributed by atoms with Gasteiger partial charge in [0.1, 0.15) is 0 Å². The minimum Gasteiger partial charge on any atom is -0.412 e. The zero-order valence-corrected chi connectivity index (χ0v) is 16.2. The summed E-state index contributed by atoms with van der Waals surface area (Å²) >= 11 is 0. The second-order valence-corrected chi connectivity index (χ2v) is 6.43. The molecular formula is C20H38N4O. The molecule has 2 heterocycles. The maximum atomic E-state index is 4.00. The maximum Gasteiger partial charge on any atom is 0.0945 e. The number of rotatable bonds is 12. The molecule has 2 aromatic rings. The summed E-state index contributed by atoms with van der Waals surface area (Å²) < 4.78 is 4.29. The van der Waals surface area contributed by atoms with Gasteiger partial charge < -0.3 is 14.6 Å². The van der Waals surface area contributed by atoms with E-state index in [-0.39, 0.29) is 5.48 Å². The summed E-state index contributed by atoms with van der Waals surface area (Å²) in [5.41, 5.74) is 0. The van der Waals surface area contributed by atoms with Crippen LogP contribution in [0.2, 0.25) is 0 Å². The van der Waals surface area contributed by atoms with Crippen molar-refractivity contribution in [2.45, 2.75) is 91.1 Å². The monoisotopic (exact) mass is 350 g/mol. The highest BCUT2D eigenvalue weighted by Crippen LogP contribution is 2.04. The van der Waals surface area contributed by atoms with Gasteiger partial charge in [-0.2, -0.15) is 0 Å². The average Bonchev–Trinajstić information content (AvgIpc) is 3.29. The van der Waals surface area contributed by atoms with Crippen LogP contribution in [0.25, 0.3) is 0 Å². The third kappa shape index (κ3) is 13.4. The van der Waals surface area contributed by atoms with Crippen LogP contribution in [0.1, 0.15) is 78.1 Å². The van der Waals surface area contributed by atoms with Crippen LogP contribution >= 0.6 is 0 Å². The van der Waals surface area contributed by atoms with Crippen molar-refractivity contribution in [3.63, 3.8) is 0 Å². The molecule has 144 valence electrons. The Morgan fingerprint density at radius 3 is 1.32 bits per heavy atom. The van der Waals surface area contributed by atoms with Crippen molar-refractivity contribution in [1.82, 2.24) is 19.1 Å². The van der Waals surface area contributed by atoms with E-state index in [1.165, 1.54) is 64.2 Å². The molecule has 2 aromatic heterocycles. The molecule has 0 saturated heterocycles. The third-order valence-electron chi connectivity index (χ3n) is 4.16. The highest BCUT2D eigenvalue weighted by atomic mass is 16.0. The first kappa shape index (κ1) is 23.4. The second-order valence-electron chi connectivity index (χ2n) is 6.43. The number of unbranched alkanes of at least 4 members (excludes halogenated alkanes) is 8. The number of nitrogens with zero attached hydrogens (tertiary/aromatic N) is 4. The number of hydrogen-bond donors (Lipinski definition) is 0. The van der Waals surface area contributed by atoms with Crippen LogP contribution in [-0.4, -0.2) is 24.6 Å². The van der Waals surface area contributed by atoms with E-state index in [4.69, 9.17) is 0 Å². The summed E-state index contributed by atoms with van der Waals surface area (Å²) in [6.45, 7) is 6.75. The largest absolute Gasteiger partial charge is 0.412 e. The SMILES string of the molecule is CCCCCCCn1ccnc1.CCCCCCCn1ccnc1.O. The van der Waals surface area contributed by atoms with Crippen molar-refractivity contribution in [2.75, 3.05) is 0 Å². The van der Waals surface area contributed by atoms with E-state index in [1.54, 1.807) is 0 Å². The van der Waals surface area contributed by atoms with Gasteiger partial charge in [0, 0.05) is 37.9 Å². The molecule has 0 saturated carbocycles.